The topological polar surface area (TPSA) is 46.6 Å². The van der Waals surface area contributed by atoms with Gasteiger partial charge in [0.2, 0.25) is 5.91 Å². The van der Waals surface area contributed by atoms with Gasteiger partial charge in [0.05, 0.1) is 17.6 Å². The van der Waals surface area contributed by atoms with Gasteiger partial charge in [0.1, 0.15) is 0 Å². The van der Waals surface area contributed by atoms with Crippen molar-refractivity contribution < 1.29 is 14.3 Å². The molecule has 0 aromatic rings. The van der Waals surface area contributed by atoms with Gasteiger partial charge in [-0.15, -0.1) is 11.8 Å². The second-order valence-corrected chi connectivity index (χ2v) is 4.31. The van der Waals surface area contributed by atoms with E-state index in [1.807, 2.05) is 0 Å². The van der Waals surface area contributed by atoms with Gasteiger partial charge in [-0.05, 0) is 13.8 Å². The Bertz CT molecular complexity index is 204. The molecule has 0 saturated heterocycles. The van der Waals surface area contributed by atoms with E-state index >= 15 is 0 Å². The van der Waals surface area contributed by atoms with Gasteiger partial charge in [0.15, 0.2) is 0 Å². The molecule has 4 nitrogen and oxygen atoms in total. The Labute approximate surface area is 89.0 Å². The molecule has 5 heteroatoms. The number of carbonyl (C=O) groups excluding carboxylic acids is 2. The van der Waals surface area contributed by atoms with E-state index in [1.54, 1.807) is 27.9 Å². The summed E-state index contributed by atoms with van der Waals surface area (Å²) in [6, 6.07) is 0. The van der Waals surface area contributed by atoms with E-state index < -0.39 is 0 Å². The molecule has 0 aromatic heterocycles. The fourth-order valence-corrected chi connectivity index (χ4v) is 1.42. The number of amides is 1. The van der Waals surface area contributed by atoms with Crippen molar-refractivity contribution in [3.8, 4) is 0 Å². The summed E-state index contributed by atoms with van der Waals surface area (Å²) in [6.45, 7) is 3.60. The van der Waals surface area contributed by atoms with Crippen LogP contribution in [0, 0.1) is 0 Å². The van der Waals surface area contributed by atoms with Gasteiger partial charge in [0, 0.05) is 14.1 Å². The Morgan fingerprint density at radius 1 is 1.29 bits per heavy atom. The zero-order valence-corrected chi connectivity index (χ0v) is 9.89. The molecule has 0 aliphatic rings. The van der Waals surface area contributed by atoms with Crippen molar-refractivity contribution in [2.45, 2.75) is 20.0 Å². The van der Waals surface area contributed by atoms with E-state index in [9.17, 15) is 9.59 Å². The van der Waals surface area contributed by atoms with Gasteiger partial charge in [-0.25, -0.2) is 0 Å². The molecule has 0 unspecified atom stereocenters. The fourth-order valence-electron chi connectivity index (χ4n) is 0.648. The Morgan fingerprint density at radius 3 is 2.29 bits per heavy atom. The summed E-state index contributed by atoms with van der Waals surface area (Å²) in [4.78, 5) is 23.6. The van der Waals surface area contributed by atoms with Crippen molar-refractivity contribution in [2.75, 3.05) is 25.6 Å². The predicted octanol–water partition coefficient (Wildman–Crippen LogP) is 0.759. The Balaban J connectivity index is 3.54. The molecule has 0 N–H and O–H groups in total. The van der Waals surface area contributed by atoms with Crippen molar-refractivity contribution >= 4 is 23.6 Å². The van der Waals surface area contributed by atoms with E-state index in [0.29, 0.717) is 5.75 Å². The van der Waals surface area contributed by atoms with Gasteiger partial charge < -0.3 is 9.64 Å². The Hall–Kier alpha value is -0.710. The van der Waals surface area contributed by atoms with Crippen LogP contribution in [0.3, 0.4) is 0 Å². The number of ether oxygens (including phenoxy) is 1. The number of rotatable bonds is 5. The zero-order chi connectivity index (χ0) is 11.1. The third-order valence-corrected chi connectivity index (χ3v) is 2.20. The maximum atomic E-state index is 11.1. The van der Waals surface area contributed by atoms with Crippen molar-refractivity contribution in [3.05, 3.63) is 0 Å². The first-order chi connectivity index (χ1) is 6.43. The average molecular weight is 219 g/mol. The van der Waals surface area contributed by atoms with E-state index in [0.717, 1.165) is 0 Å². The molecule has 0 aliphatic heterocycles. The molecule has 0 spiro atoms. The van der Waals surface area contributed by atoms with E-state index in [2.05, 4.69) is 0 Å². The molecule has 0 bridgehead atoms. The standard InChI is InChI=1S/C9H17NO3S/c1-7(2)13-9(12)6-14-5-8(11)10(3)4/h7H,5-6H2,1-4H3. The molecule has 0 fully saturated rings. The molecule has 0 saturated carbocycles. The summed E-state index contributed by atoms with van der Waals surface area (Å²) in [5.41, 5.74) is 0. The second kappa shape index (κ2) is 6.70. The van der Waals surface area contributed by atoms with Crippen LogP contribution in [0.1, 0.15) is 13.8 Å². The quantitative estimate of drug-likeness (QED) is 0.640. The van der Waals surface area contributed by atoms with Crippen LogP contribution in [0.4, 0.5) is 0 Å². The molecule has 14 heavy (non-hydrogen) atoms. The first kappa shape index (κ1) is 13.3. The molecular formula is C9H17NO3S. The lowest BCUT2D eigenvalue weighted by Gasteiger charge is -2.10. The highest BCUT2D eigenvalue weighted by atomic mass is 32.2. The summed E-state index contributed by atoms with van der Waals surface area (Å²) in [5.74, 6) is 0.293. The van der Waals surface area contributed by atoms with Crippen LogP contribution in [0.5, 0.6) is 0 Å². The fraction of sp³-hybridized carbons (Fsp3) is 0.778. The number of hydrogen-bond acceptors (Lipinski definition) is 4. The highest BCUT2D eigenvalue weighted by molar-refractivity contribution is 8.00. The summed E-state index contributed by atoms with van der Waals surface area (Å²) in [7, 11) is 3.38. The molecular weight excluding hydrogens is 202 g/mol. The minimum Gasteiger partial charge on any atom is -0.462 e. The second-order valence-electron chi connectivity index (χ2n) is 3.32. The lowest BCUT2D eigenvalue weighted by atomic mass is 10.5. The maximum absolute atomic E-state index is 11.1. The molecule has 0 aromatic carbocycles. The molecule has 0 aliphatic carbocycles. The van der Waals surface area contributed by atoms with Gasteiger partial charge in [0.25, 0.3) is 0 Å². The molecule has 0 heterocycles. The number of nitrogens with zero attached hydrogens (tertiary/aromatic N) is 1. The van der Waals surface area contributed by atoms with Gasteiger partial charge in [-0.2, -0.15) is 0 Å². The number of hydrogen-bond donors (Lipinski definition) is 0. The zero-order valence-electron chi connectivity index (χ0n) is 9.07. The van der Waals surface area contributed by atoms with Crippen molar-refractivity contribution in [2.24, 2.45) is 0 Å². The number of thioether (sulfide) groups is 1. The van der Waals surface area contributed by atoms with Crippen LogP contribution >= 0.6 is 11.8 Å². The van der Waals surface area contributed by atoms with Gasteiger partial charge in [-0.1, -0.05) is 0 Å². The lowest BCUT2D eigenvalue weighted by molar-refractivity contribution is -0.144. The first-order valence-electron chi connectivity index (χ1n) is 4.41. The van der Waals surface area contributed by atoms with Crippen molar-refractivity contribution in [1.82, 2.24) is 4.90 Å². The molecule has 82 valence electrons. The van der Waals surface area contributed by atoms with Crippen LogP contribution in [0.2, 0.25) is 0 Å². The van der Waals surface area contributed by atoms with Crippen molar-refractivity contribution in [3.63, 3.8) is 0 Å². The SMILES string of the molecule is CC(C)OC(=O)CSCC(=O)N(C)C. The summed E-state index contributed by atoms with van der Waals surface area (Å²) in [5, 5.41) is 0. The maximum Gasteiger partial charge on any atom is 0.316 e. The Kier molecular flexibility index (Phi) is 6.36. The highest BCUT2D eigenvalue weighted by Gasteiger charge is 2.08. The van der Waals surface area contributed by atoms with Crippen molar-refractivity contribution in [1.29, 1.82) is 0 Å². The normalized spacial score (nSPS) is 10.1. The van der Waals surface area contributed by atoms with E-state index in [1.165, 1.54) is 16.7 Å². The largest absolute Gasteiger partial charge is 0.462 e. The average Bonchev–Trinajstić information content (AvgIpc) is 2.02. The van der Waals surface area contributed by atoms with Crippen LogP contribution in [0.15, 0.2) is 0 Å². The molecule has 0 radical (unpaired) electrons. The monoisotopic (exact) mass is 219 g/mol. The first-order valence-corrected chi connectivity index (χ1v) is 5.56. The van der Waals surface area contributed by atoms with Crippen LogP contribution in [-0.2, 0) is 14.3 Å². The van der Waals surface area contributed by atoms with Gasteiger partial charge in [-0.3, -0.25) is 9.59 Å². The third kappa shape index (κ3) is 6.77. The summed E-state index contributed by atoms with van der Waals surface area (Å²) < 4.78 is 4.91. The highest BCUT2D eigenvalue weighted by Crippen LogP contribution is 2.03. The number of carbonyl (C=O) groups is 2. The summed E-state index contributed by atoms with van der Waals surface area (Å²) in [6.07, 6.45) is -0.0901. The van der Waals surface area contributed by atoms with Gasteiger partial charge >= 0.3 is 5.97 Å². The number of esters is 1. The minimum absolute atomic E-state index is 0.00680. The van der Waals surface area contributed by atoms with E-state index in [4.69, 9.17) is 4.74 Å². The molecule has 1 amide bonds. The molecule has 0 atom stereocenters. The van der Waals surface area contributed by atoms with E-state index in [-0.39, 0.29) is 23.7 Å². The molecule has 0 rings (SSSR count). The lowest BCUT2D eigenvalue weighted by Crippen LogP contribution is -2.24. The predicted molar refractivity (Wildman–Crippen MR) is 57.2 cm³/mol. The Morgan fingerprint density at radius 2 is 1.86 bits per heavy atom. The van der Waals surface area contributed by atoms with Crippen LogP contribution in [-0.4, -0.2) is 48.5 Å². The van der Waals surface area contributed by atoms with Crippen LogP contribution in [0.25, 0.3) is 0 Å². The summed E-state index contributed by atoms with van der Waals surface area (Å²) >= 11 is 1.27. The minimum atomic E-state index is -0.267. The third-order valence-electron chi connectivity index (χ3n) is 1.31. The van der Waals surface area contributed by atoms with Crippen LogP contribution < -0.4 is 0 Å². The smallest absolute Gasteiger partial charge is 0.316 e.